The molecule has 0 saturated carbocycles. The lowest BCUT2D eigenvalue weighted by molar-refractivity contribution is 0.0303. The monoisotopic (exact) mass is 440 g/mol. The van der Waals surface area contributed by atoms with Crippen LogP contribution in [0.5, 0.6) is 11.5 Å². The molecule has 1 aromatic heterocycles. The van der Waals surface area contributed by atoms with E-state index in [0.717, 1.165) is 0 Å². The van der Waals surface area contributed by atoms with Crippen LogP contribution in [-0.2, 0) is 11.8 Å². The van der Waals surface area contributed by atoms with Gasteiger partial charge in [-0.2, -0.15) is 5.10 Å². The van der Waals surface area contributed by atoms with Gasteiger partial charge in [0.2, 0.25) is 0 Å². The molecule has 1 amide bonds. The molecule has 1 N–H and O–H groups in total. The van der Waals surface area contributed by atoms with Gasteiger partial charge < -0.3 is 19.7 Å². The number of nitrogens with zero attached hydrogens (tertiary/aromatic N) is 3. The van der Waals surface area contributed by atoms with Gasteiger partial charge in [-0.25, -0.2) is 4.68 Å². The molecule has 1 saturated heterocycles. The molecule has 0 bridgehead atoms. The summed E-state index contributed by atoms with van der Waals surface area (Å²) in [6.45, 7) is 2.17. The molecule has 8 nitrogen and oxygen atoms in total. The Hall–Kier alpha value is -3.36. The third-order valence-corrected chi connectivity index (χ3v) is 5.04. The second-order valence-electron chi connectivity index (χ2n) is 6.98. The van der Waals surface area contributed by atoms with E-state index in [1.54, 1.807) is 60.5 Å². The average molecular weight is 441 g/mol. The molecular weight excluding hydrogens is 420 g/mol. The molecule has 0 aliphatic carbocycles. The Morgan fingerprint density at radius 3 is 2.71 bits per heavy atom. The number of benzene rings is 2. The molecule has 160 valence electrons. The fourth-order valence-corrected chi connectivity index (χ4v) is 3.38. The molecule has 1 aliphatic heterocycles. The topological polar surface area (TPSA) is 85.7 Å². The lowest BCUT2D eigenvalue weighted by Gasteiger charge is -2.27. The molecule has 1 aliphatic rings. The Kier molecular flexibility index (Phi) is 6.20. The quantitative estimate of drug-likeness (QED) is 0.654. The van der Waals surface area contributed by atoms with Gasteiger partial charge in [-0.15, -0.1) is 0 Å². The first kappa shape index (κ1) is 20.9. The zero-order valence-electron chi connectivity index (χ0n) is 16.9. The fraction of sp³-hybridized carbons (Fsp3) is 0.227. The summed E-state index contributed by atoms with van der Waals surface area (Å²) in [5, 5.41) is 7.64. The van der Waals surface area contributed by atoms with Gasteiger partial charge in [0.15, 0.2) is 11.4 Å². The molecule has 2 heterocycles. The Morgan fingerprint density at radius 2 is 1.94 bits per heavy atom. The number of hydrogen-bond acceptors (Lipinski definition) is 6. The number of halogens is 1. The van der Waals surface area contributed by atoms with Crippen molar-refractivity contribution in [1.29, 1.82) is 0 Å². The fourth-order valence-electron chi connectivity index (χ4n) is 3.20. The van der Waals surface area contributed by atoms with Crippen molar-refractivity contribution in [3.05, 3.63) is 75.7 Å². The molecule has 9 heteroatoms. The third kappa shape index (κ3) is 4.87. The van der Waals surface area contributed by atoms with Gasteiger partial charge in [0, 0.05) is 36.4 Å². The SMILES string of the molecule is Cn1ncc(Oc2cccc(Cl)c2)c(Nc2cccc(C(=O)N3CCOCC3)c2)c1=O. The molecule has 0 atom stereocenters. The van der Waals surface area contributed by atoms with Crippen molar-refractivity contribution < 1.29 is 14.3 Å². The van der Waals surface area contributed by atoms with Gasteiger partial charge in [-0.3, -0.25) is 9.59 Å². The number of morpholine rings is 1. The van der Waals surface area contributed by atoms with E-state index in [1.807, 2.05) is 0 Å². The Labute approximate surface area is 184 Å². The van der Waals surface area contributed by atoms with Gasteiger partial charge in [0.25, 0.3) is 11.5 Å². The molecule has 31 heavy (non-hydrogen) atoms. The number of nitrogens with one attached hydrogen (secondary N) is 1. The van der Waals surface area contributed by atoms with Crippen molar-refractivity contribution in [1.82, 2.24) is 14.7 Å². The van der Waals surface area contributed by atoms with E-state index in [0.29, 0.717) is 48.3 Å². The molecule has 3 aromatic rings. The smallest absolute Gasteiger partial charge is 0.294 e. The van der Waals surface area contributed by atoms with Crippen LogP contribution in [0.2, 0.25) is 5.02 Å². The van der Waals surface area contributed by atoms with Gasteiger partial charge >= 0.3 is 0 Å². The zero-order chi connectivity index (χ0) is 21.8. The highest BCUT2D eigenvalue weighted by Gasteiger charge is 2.19. The Bertz CT molecular complexity index is 1160. The van der Waals surface area contributed by atoms with Crippen LogP contribution in [-0.4, -0.2) is 46.9 Å². The first-order chi connectivity index (χ1) is 15.0. The maximum Gasteiger partial charge on any atom is 0.294 e. The molecule has 2 aromatic carbocycles. The highest BCUT2D eigenvalue weighted by Crippen LogP contribution is 2.29. The molecule has 0 spiro atoms. The predicted molar refractivity (Wildman–Crippen MR) is 117 cm³/mol. The number of carbonyl (C=O) groups excluding carboxylic acids is 1. The van der Waals surface area contributed by atoms with Crippen molar-refractivity contribution in [2.24, 2.45) is 7.05 Å². The number of aryl methyl sites for hydroxylation is 1. The van der Waals surface area contributed by atoms with Crippen LogP contribution in [0.3, 0.4) is 0 Å². The number of ether oxygens (including phenoxy) is 2. The van der Waals surface area contributed by atoms with Gasteiger partial charge in [0.1, 0.15) is 5.75 Å². The van der Waals surface area contributed by atoms with Crippen LogP contribution < -0.4 is 15.6 Å². The largest absolute Gasteiger partial charge is 0.453 e. The highest BCUT2D eigenvalue weighted by atomic mass is 35.5. The molecule has 0 radical (unpaired) electrons. The van der Waals surface area contributed by atoms with Crippen LogP contribution in [0.25, 0.3) is 0 Å². The summed E-state index contributed by atoms with van der Waals surface area (Å²) in [6, 6.07) is 13.8. The van der Waals surface area contributed by atoms with Crippen LogP contribution in [0.1, 0.15) is 10.4 Å². The number of carbonyl (C=O) groups is 1. The van der Waals surface area contributed by atoms with Gasteiger partial charge in [-0.1, -0.05) is 23.7 Å². The van der Waals surface area contributed by atoms with E-state index in [4.69, 9.17) is 21.1 Å². The van der Waals surface area contributed by atoms with E-state index in [-0.39, 0.29) is 22.9 Å². The predicted octanol–water partition coefficient (Wildman–Crippen LogP) is 3.44. The zero-order valence-corrected chi connectivity index (χ0v) is 17.6. The lowest BCUT2D eigenvalue weighted by atomic mass is 10.1. The molecular formula is C22H21ClN4O4. The molecule has 4 rings (SSSR count). The van der Waals surface area contributed by atoms with Crippen LogP contribution in [0.4, 0.5) is 11.4 Å². The highest BCUT2D eigenvalue weighted by molar-refractivity contribution is 6.30. The van der Waals surface area contributed by atoms with E-state index < -0.39 is 0 Å². The number of anilines is 2. The third-order valence-electron chi connectivity index (χ3n) is 4.80. The second-order valence-corrected chi connectivity index (χ2v) is 7.42. The molecule has 1 fully saturated rings. The van der Waals surface area contributed by atoms with Gasteiger partial charge in [-0.05, 0) is 36.4 Å². The van der Waals surface area contributed by atoms with Crippen LogP contribution in [0.15, 0.2) is 59.5 Å². The van der Waals surface area contributed by atoms with Gasteiger partial charge in [0.05, 0.1) is 19.4 Å². The Morgan fingerprint density at radius 1 is 1.16 bits per heavy atom. The standard InChI is InChI=1S/C22H21ClN4O4/c1-26-22(29)20(19(14-24-26)31-18-7-3-5-16(23)13-18)25-17-6-2-4-15(12-17)21(28)27-8-10-30-11-9-27/h2-7,12-14,25H,8-11H2,1H3. The summed E-state index contributed by atoms with van der Waals surface area (Å²) in [7, 11) is 1.55. The number of amides is 1. The number of rotatable bonds is 5. The summed E-state index contributed by atoms with van der Waals surface area (Å²) in [5.41, 5.74) is 0.936. The van der Waals surface area contributed by atoms with E-state index in [1.165, 1.54) is 10.9 Å². The maximum absolute atomic E-state index is 12.8. The Balaban J connectivity index is 1.62. The lowest BCUT2D eigenvalue weighted by Crippen LogP contribution is -2.40. The van der Waals surface area contributed by atoms with Crippen molar-refractivity contribution >= 4 is 28.9 Å². The summed E-state index contributed by atoms with van der Waals surface area (Å²) in [5.74, 6) is 0.641. The summed E-state index contributed by atoms with van der Waals surface area (Å²) in [4.78, 5) is 27.3. The van der Waals surface area contributed by atoms with E-state index in [2.05, 4.69) is 10.4 Å². The van der Waals surface area contributed by atoms with Crippen LogP contribution >= 0.6 is 11.6 Å². The minimum absolute atomic E-state index is 0.0787. The first-order valence-corrected chi connectivity index (χ1v) is 10.1. The summed E-state index contributed by atoms with van der Waals surface area (Å²) in [6.07, 6.45) is 1.45. The number of aromatic nitrogens is 2. The van der Waals surface area contributed by atoms with E-state index in [9.17, 15) is 9.59 Å². The minimum atomic E-state index is -0.371. The van der Waals surface area contributed by atoms with Crippen molar-refractivity contribution in [2.75, 3.05) is 31.6 Å². The summed E-state index contributed by atoms with van der Waals surface area (Å²) >= 11 is 6.03. The summed E-state index contributed by atoms with van der Waals surface area (Å²) < 4.78 is 12.4. The van der Waals surface area contributed by atoms with Crippen molar-refractivity contribution in [3.8, 4) is 11.5 Å². The normalized spacial score (nSPS) is 13.7. The first-order valence-electron chi connectivity index (χ1n) is 9.75. The van der Waals surface area contributed by atoms with E-state index >= 15 is 0 Å². The van der Waals surface area contributed by atoms with Crippen LogP contribution in [0, 0.1) is 0 Å². The second kappa shape index (κ2) is 9.20. The minimum Gasteiger partial charge on any atom is -0.453 e. The van der Waals surface area contributed by atoms with Crippen molar-refractivity contribution in [2.45, 2.75) is 0 Å². The molecule has 0 unspecified atom stereocenters. The maximum atomic E-state index is 12.8. The average Bonchev–Trinajstić information content (AvgIpc) is 2.79. The number of hydrogen-bond donors (Lipinski definition) is 1. The van der Waals surface area contributed by atoms with Crippen molar-refractivity contribution in [3.63, 3.8) is 0 Å².